The number of amides is 3. The molecule has 0 saturated carbocycles. The smallest absolute Gasteiger partial charge is 0.315 e. The molecule has 38 heavy (non-hydrogen) atoms. The lowest BCUT2D eigenvalue weighted by Gasteiger charge is -2.27. The van der Waals surface area contributed by atoms with Crippen LogP contribution in [0.5, 0.6) is 0 Å². The molecule has 3 amide bonds. The van der Waals surface area contributed by atoms with Gasteiger partial charge in [0.25, 0.3) is 0 Å². The van der Waals surface area contributed by atoms with Crippen molar-refractivity contribution in [3.8, 4) is 0 Å². The maximum absolute atomic E-state index is 12.8. The van der Waals surface area contributed by atoms with Crippen LogP contribution in [-0.2, 0) is 38.1 Å². The SMILES string of the molecule is CCCCOCCOCC(COCCC[N+](C)(C)C(=O)CCN1C(=O)CC(C)C1=O)OCCOCCCC. The molecule has 0 aromatic carbocycles. The van der Waals surface area contributed by atoms with Crippen molar-refractivity contribution in [2.24, 2.45) is 5.92 Å². The van der Waals surface area contributed by atoms with Gasteiger partial charge in [-0.25, -0.2) is 4.79 Å². The normalized spacial score (nSPS) is 17.0. The van der Waals surface area contributed by atoms with E-state index in [2.05, 4.69) is 13.8 Å². The highest BCUT2D eigenvalue weighted by molar-refractivity contribution is 6.03. The van der Waals surface area contributed by atoms with E-state index in [1.807, 2.05) is 14.1 Å². The van der Waals surface area contributed by atoms with Crippen LogP contribution in [-0.4, -0.2) is 120 Å². The van der Waals surface area contributed by atoms with Crippen LogP contribution in [0.1, 0.15) is 65.7 Å². The molecule has 10 nitrogen and oxygen atoms in total. The number of unbranched alkanes of at least 4 members (excludes halogenated alkanes) is 2. The van der Waals surface area contributed by atoms with Gasteiger partial charge in [-0.15, -0.1) is 0 Å². The van der Waals surface area contributed by atoms with Gasteiger partial charge >= 0.3 is 5.91 Å². The van der Waals surface area contributed by atoms with Crippen molar-refractivity contribution in [2.45, 2.75) is 71.8 Å². The lowest BCUT2D eigenvalue weighted by atomic mass is 10.1. The first-order valence-electron chi connectivity index (χ1n) is 14.4. The molecule has 1 aliphatic heterocycles. The second-order valence-electron chi connectivity index (χ2n) is 10.5. The molecular formula is C28H53N2O8+. The zero-order chi connectivity index (χ0) is 28.2. The first kappa shape index (κ1) is 34.6. The van der Waals surface area contributed by atoms with Crippen LogP contribution in [0.3, 0.4) is 0 Å². The quantitative estimate of drug-likeness (QED) is 0.104. The first-order valence-corrected chi connectivity index (χ1v) is 14.4. The predicted molar refractivity (Wildman–Crippen MR) is 145 cm³/mol. The Labute approximate surface area is 229 Å². The van der Waals surface area contributed by atoms with E-state index in [4.69, 9.17) is 23.7 Å². The average molecular weight is 546 g/mol. The standard InChI is InChI=1S/C28H53N2O8/c1-6-8-14-34-17-18-37-23-25(38-20-19-35-15-9-7-2)22-36-16-10-13-30(4,5)27(32)11-12-29-26(31)21-24(3)28(29)33/h24-25H,6-23H2,1-5H3/q+1. The van der Waals surface area contributed by atoms with Crippen molar-refractivity contribution >= 4 is 17.7 Å². The fraction of sp³-hybridized carbons (Fsp3) is 0.893. The summed E-state index contributed by atoms with van der Waals surface area (Å²) in [5.41, 5.74) is 0. The summed E-state index contributed by atoms with van der Waals surface area (Å²) in [5.74, 6) is -0.669. The molecule has 1 aliphatic rings. The molecule has 2 unspecified atom stereocenters. The summed E-state index contributed by atoms with van der Waals surface area (Å²) < 4.78 is 28.8. The molecular weight excluding hydrogens is 492 g/mol. The number of quaternary nitrogens is 1. The van der Waals surface area contributed by atoms with Gasteiger partial charge in [0.1, 0.15) is 6.10 Å². The lowest BCUT2D eigenvalue weighted by Crippen LogP contribution is -2.48. The Bertz CT molecular complexity index is 673. The molecule has 0 aliphatic carbocycles. The minimum atomic E-state index is -0.289. The van der Waals surface area contributed by atoms with Crippen LogP contribution in [0, 0.1) is 5.92 Å². The summed E-state index contributed by atoms with van der Waals surface area (Å²) >= 11 is 0. The lowest BCUT2D eigenvalue weighted by molar-refractivity contribution is -0.814. The topological polar surface area (TPSA) is 101 Å². The van der Waals surface area contributed by atoms with Gasteiger partial charge in [0.15, 0.2) is 0 Å². The van der Waals surface area contributed by atoms with E-state index in [0.29, 0.717) is 59.2 Å². The van der Waals surface area contributed by atoms with Crippen LogP contribution >= 0.6 is 0 Å². The molecule has 1 fully saturated rings. The van der Waals surface area contributed by atoms with Gasteiger partial charge in [0, 0.05) is 38.5 Å². The Balaban J connectivity index is 2.31. The number of rotatable bonds is 24. The number of imide groups is 1. The molecule has 10 heteroatoms. The molecule has 2 atom stereocenters. The Morgan fingerprint density at radius 2 is 1.42 bits per heavy atom. The van der Waals surface area contributed by atoms with E-state index in [1.54, 1.807) is 6.92 Å². The molecule has 0 aromatic rings. The number of hydrogen-bond acceptors (Lipinski definition) is 8. The Morgan fingerprint density at radius 1 is 0.868 bits per heavy atom. The highest BCUT2D eigenvalue weighted by atomic mass is 16.6. The number of ether oxygens (including phenoxy) is 5. The van der Waals surface area contributed by atoms with E-state index >= 15 is 0 Å². The zero-order valence-corrected chi connectivity index (χ0v) is 24.5. The third kappa shape index (κ3) is 14.6. The number of likely N-dealkylation sites (tertiary alicyclic amines) is 1. The van der Waals surface area contributed by atoms with Gasteiger partial charge in [0.05, 0.1) is 73.3 Å². The molecule has 1 heterocycles. The van der Waals surface area contributed by atoms with E-state index in [-0.39, 0.29) is 53.6 Å². The van der Waals surface area contributed by atoms with Crippen molar-refractivity contribution in [3.63, 3.8) is 0 Å². The average Bonchev–Trinajstić information content (AvgIpc) is 3.13. The van der Waals surface area contributed by atoms with Crippen LogP contribution in [0.15, 0.2) is 0 Å². The molecule has 222 valence electrons. The van der Waals surface area contributed by atoms with Crippen LogP contribution < -0.4 is 0 Å². The van der Waals surface area contributed by atoms with Crippen molar-refractivity contribution in [3.05, 3.63) is 0 Å². The van der Waals surface area contributed by atoms with Crippen LogP contribution in [0.25, 0.3) is 0 Å². The Hall–Kier alpha value is -1.43. The van der Waals surface area contributed by atoms with Gasteiger partial charge in [-0.3, -0.25) is 19.0 Å². The molecule has 0 bridgehead atoms. The Kier molecular flexibility index (Phi) is 18.6. The first-order chi connectivity index (χ1) is 18.2. The number of carbonyl (C=O) groups excluding carboxylic acids is 3. The summed E-state index contributed by atoms with van der Waals surface area (Å²) in [4.78, 5) is 38.0. The predicted octanol–water partition coefficient (Wildman–Crippen LogP) is 2.82. The molecule has 1 rings (SSSR count). The van der Waals surface area contributed by atoms with Crippen molar-refractivity contribution in [1.82, 2.24) is 4.90 Å². The molecule has 0 aromatic heterocycles. The van der Waals surface area contributed by atoms with Gasteiger partial charge in [-0.05, 0) is 12.8 Å². The van der Waals surface area contributed by atoms with E-state index in [1.165, 1.54) is 4.90 Å². The van der Waals surface area contributed by atoms with Gasteiger partial charge in [0.2, 0.25) is 11.8 Å². The van der Waals surface area contributed by atoms with Gasteiger partial charge in [-0.1, -0.05) is 33.6 Å². The van der Waals surface area contributed by atoms with Gasteiger partial charge in [-0.2, -0.15) is 0 Å². The molecule has 0 N–H and O–H groups in total. The second-order valence-corrected chi connectivity index (χ2v) is 10.5. The van der Waals surface area contributed by atoms with Crippen LogP contribution in [0.2, 0.25) is 0 Å². The zero-order valence-electron chi connectivity index (χ0n) is 24.5. The van der Waals surface area contributed by atoms with E-state index in [9.17, 15) is 14.4 Å². The highest BCUT2D eigenvalue weighted by Crippen LogP contribution is 2.19. The third-order valence-corrected chi connectivity index (χ3v) is 6.54. The monoisotopic (exact) mass is 545 g/mol. The van der Waals surface area contributed by atoms with Crippen molar-refractivity contribution < 1.29 is 42.6 Å². The highest BCUT2D eigenvalue weighted by Gasteiger charge is 2.36. The third-order valence-electron chi connectivity index (χ3n) is 6.54. The maximum Gasteiger partial charge on any atom is 0.315 e. The summed E-state index contributed by atoms with van der Waals surface area (Å²) in [6.07, 6.45) is 5.18. The number of carbonyl (C=O) groups is 3. The number of nitrogens with zero attached hydrogens (tertiary/aromatic N) is 2. The number of hydrogen-bond donors (Lipinski definition) is 0. The summed E-state index contributed by atoms with van der Waals surface area (Å²) in [6, 6.07) is 0. The fourth-order valence-electron chi connectivity index (χ4n) is 3.94. The summed E-state index contributed by atoms with van der Waals surface area (Å²) in [6.45, 7) is 11.6. The fourth-order valence-corrected chi connectivity index (χ4v) is 3.94. The minimum Gasteiger partial charge on any atom is -0.379 e. The molecule has 0 spiro atoms. The minimum absolute atomic E-state index is 0.0102. The van der Waals surface area contributed by atoms with Crippen molar-refractivity contribution in [1.29, 1.82) is 0 Å². The van der Waals surface area contributed by atoms with Crippen molar-refractivity contribution in [2.75, 3.05) is 86.6 Å². The summed E-state index contributed by atoms with van der Waals surface area (Å²) in [7, 11) is 3.69. The van der Waals surface area contributed by atoms with E-state index in [0.717, 1.165) is 38.9 Å². The largest absolute Gasteiger partial charge is 0.379 e. The summed E-state index contributed by atoms with van der Waals surface area (Å²) in [5, 5.41) is 0. The van der Waals surface area contributed by atoms with Gasteiger partial charge < -0.3 is 23.7 Å². The second kappa shape index (κ2) is 20.5. The molecule has 0 radical (unpaired) electrons. The maximum atomic E-state index is 12.8. The van der Waals surface area contributed by atoms with Crippen LogP contribution in [0.4, 0.5) is 0 Å². The molecule has 1 saturated heterocycles. The Morgan fingerprint density at radius 3 is 2.00 bits per heavy atom. The van der Waals surface area contributed by atoms with E-state index < -0.39 is 0 Å².